The van der Waals surface area contributed by atoms with Gasteiger partial charge in [-0.15, -0.1) is 0 Å². The summed E-state index contributed by atoms with van der Waals surface area (Å²) in [6.07, 6.45) is 0. The first kappa shape index (κ1) is 16.6. The third-order valence-electron chi connectivity index (χ3n) is 4.02. The van der Waals surface area contributed by atoms with Gasteiger partial charge in [-0.3, -0.25) is 4.79 Å². The maximum absolute atomic E-state index is 12.7. The summed E-state index contributed by atoms with van der Waals surface area (Å²) >= 11 is 3.41. The standard InChI is InChI=1S/C17H16BrNO5/c1-9-12(17(21)22)6-11(24-9)7-19(2)16(20)14-8-23-15-4-3-10(18)5-13(14)15/h3-6,14H,7-8H2,1-2H3,(H,21,22). The number of carbonyl (C=O) groups excluding carboxylic acids is 1. The normalized spacial score (nSPS) is 15.7. The van der Waals surface area contributed by atoms with Gasteiger partial charge < -0.3 is 19.2 Å². The van der Waals surface area contributed by atoms with Crippen LogP contribution >= 0.6 is 15.9 Å². The lowest BCUT2D eigenvalue weighted by Gasteiger charge is -2.19. The number of aromatic carboxylic acids is 1. The van der Waals surface area contributed by atoms with Crippen molar-refractivity contribution in [1.29, 1.82) is 0 Å². The van der Waals surface area contributed by atoms with Crippen LogP contribution in [0.4, 0.5) is 0 Å². The zero-order valence-corrected chi connectivity index (χ0v) is 14.8. The molecule has 1 N–H and O–H groups in total. The van der Waals surface area contributed by atoms with E-state index in [1.54, 1.807) is 14.0 Å². The average molecular weight is 394 g/mol. The fourth-order valence-electron chi connectivity index (χ4n) is 2.80. The molecule has 1 aliphatic rings. The number of rotatable bonds is 4. The van der Waals surface area contributed by atoms with E-state index in [1.165, 1.54) is 11.0 Å². The van der Waals surface area contributed by atoms with Crippen molar-refractivity contribution in [2.75, 3.05) is 13.7 Å². The number of carboxylic acids is 1. The van der Waals surface area contributed by atoms with Crippen molar-refractivity contribution in [3.8, 4) is 5.75 Å². The van der Waals surface area contributed by atoms with E-state index >= 15 is 0 Å². The molecule has 6 nitrogen and oxygen atoms in total. The molecular weight excluding hydrogens is 378 g/mol. The number of carboxylic acid groups (broad SMARTS) is 1. The van der Waals surface area contributed by atoms with E-state index in [9.17, 15) is 9.59 Å². The topological polar surface area (TPSA) is 80.0 Å². The van der Waals surface area contributed by atoms with Gasteiger partial charge in [-0.05, 0) is 31.2 Å². The predicted octanol–water partition coefficient (Wildman–Crippen LogP) is 3.18. The molecule has 0 radical (unpaired) electrons. The first-order chi connectivity index (χ1) is 11.4. The number of fused-ring (bicyclic) bond motifs is 1. The third kappa shape index (κ3) is 3.03. The van der Waals surface area contributed by atoms with Crippen molar-refractivity contribution in [2.24, 2.45) is 0 Å². The maximum atomic E-state index is 12.7. The number of carbonyl (C=O) groups is 2. The molecule has 24 heavy (non-hydrogen) atoms. The molecule has 3 rings (SSSR count). The van der Waals surface area contributed by atoms with E-state index in [2.05, 4.69) is 15.9 Å². The second kappa shape index (κ2) is 6.32. The molecule has 0 saturated carbocycles. The van der Waals surface area contributed by atoms with Crippen molar-refractivity contribution in [2.45, 2.75) is 19.4 Å². The number of nitrogens with zero attached hydrogens (tertiary/aromatic N) is 1. The summed E-state index contributed by atoms with van der Waals surface area (Å²) in [5.41, 5.74) is 0.965. The molecule has 0 spiro atoms. The molecule has 1 aromatic carbocycles. The largest absolute Gasteiger partial charge is 0.492 e. The van der Waals surface area contributed by atoms with Crippen LogP contribution in [0.2, 0.25) is 0 Å². The number of furan rings is 1. The van der Waals surface area contributed by atoms with Crippen LogP contribution < -0.4 is 4.74 Å². The van der Waals surface area contributed by atoms with Crippen LogP contribution in [-0.2, 0) is 11.3 Å². The van der Waals surface area contributed by atoms with E-state index < -0.39 is 5.97 Å². The summed E-state index contributed by atoms with van der Waals surface area (Å²) in [6, 6.07) is 7.05. The van der Waals surface area contributed by atoms with E-state index in [-0.39, 0.29) is 23.9 Å². The van der Waals surface area contributed by atoms with Gasteiger partial charge in [0, 0.05) is 17.1 Å². The van der Waals surface area contributed by atoms with Gasteiger partial charge in [0.15, 0.2) is 0 Å². The molecule has 0 bridgehead atoms. The Morgan fingerprint density at radius 3 is 2.79 bits per heavy atom. The molecule has 1 unspecified atom stereocenters. The Morgan fingerprint density at radius 1 is 1.38 bits per heavy atom. The molecule has 2 aromatic rings. The molecule has 2 heterocycles. The molecule has 0 saturated heterocycles. The van der Waals surface area contributed by atoms with Crippen molar-refractivity contribution in [1.82, 2.24) is 4.90 Å². The van der Waals surface area contributed by atoms with Crippen LogP contribution in [0, 0.1) is 6.92 Å². The molecule has 1 amide bonds. The number of ether oxygens (including phenoxy) is 1. The summed E-state index contributed by atoms with van der Waals surface area (Å²) in [6.45, 7) is 2.09. The number of hydrogen-bond donors (Lipinski definition) is 1. The van der Waals surface area contributed by atoms with Gasteiger partial charge >= 0.3 is 5.97 Å². The number of likely N-dealkylation sites (N-methyl/N-ethyl adjacent to an activating group) is 1. The molecule has 1 atom stereocenters. The van der Waals surface area contributed by atoms with Crippen LogP contribution in [0.5, 0.6) is 5.75 Å². The molecule has 126 valence electrons. The van der Waals surface area contributed by atoms with Crippen LogP contribution in [-0.4, -0.2) is 35.5 Å². The van der Waals surface area contributed by atoms with Crippen LogP contribution in [0.3, 0.4) is 0 Å². The molecule has 0 aliphatic carbocycles. The molecule has 0 fully saturated rings. The minimum atomic E-state index is -1.04. The van der Waals surface area contributed by atoms with Crippen molar-refractivity contribution >= 4 is 27.8 Å². The van der Waals surface area contributed by atoms with Gasteiger partial charge in [0.05, 0.1) is 6.54 Å². The minimum absolute atomic E-state index is 0.0993. The molecule has 1 aromatic heterocycles. The summed E-state index contributed by atoms with van der Waals surface area (Å²) < 4.78 is 11.9. The van der Waals surface area contributed by atoms with Crippen molar-refractivity contribution in [3.63, 3.8) is 0 Å². The Hall–Kier alpha value is -2.28. The second-order valence-corrected chi connectivity index (χ2v) is 6.64. The van der Waals surface area contributed by atoms with Crippen LogP contribution in [0.1, 0.15) is 33.4 Å². The van der Waals surface area contributed by atoms with E-state index in [4.69, 9.17) is 14.3 Å². The monoisotopic (exact) mass is 393 g/mol. The number of amides is 1. The Balaban J connectivity index is 1.76. The highest BCUT2D eigenvalue weighted by Gasteiger charge is 2.33. The summed E-state index contributed by atoms with van der Waals surface area (Å²) in [7, 11) is 1.66. The van der Waals surface area contributed by atoms with E-state index in [0.29, 0.717) is 23.9 Å². The quantitative estimate of drug-likeness (QED) is 0.862. The zero-order chi connectivity index (χ0) is 17.4. The first-order valence-corrected chi connectivity index (χ1v) is 8.16. The minimum Gasteiger partial charge on any atom is -0.492 e. The van der Waals surface area contributed by atoms with Gasteiger partial charge in [0.25, 0.3) is 0 Å². The lowest BCUT2D eigenvalue weighted by Crippen LogP contribution is -2.32. The smallest absolute Gasteiger partial charge is 0.339 e. The van der Waals surface area contributed by atoms with Crippen LogP contribution in [0.15, 0.2) is 33.2 Å². The molecule has 1 aliphatic heterocycles. The Morgan fingerprint density at radius 2 is 2.12 bits per heavy atom. The van der Waals surface area contributed by atoms with E-state index in [0.717, 1.165) is 10.0 Å². The number of hydrogen-bond acceptors (Lipinski definition) is 4. The maximum Gasteiger partial charge on any atom is 0.339 e. The number of halogens is 1. The SMILES string of the molecule is Cc1oc(CN(C)C(=O)C2COc3ccc(Br)cc32)cc1C(=O)O. The predicted molar refractivity (Wildman–Crippen MR) is 89.3 cm³/mol. The molecule has 7 heteroatoms. The Bertz CT molecular complexity index is 813. The third-order valence-corrected chi connectivity index (χ3v) is 4.51. The Labute approximate surface area is 147 Å². The second-order valence-electron chi connectivity index (χ2n) is 5.73. The highest BCUT2D eigenvalue weighted by atomic mass is 79.9. The fraction of sp³-hybridized carbons (Fsp3) is 0.294. The highest BCUT2D eigenvalue weighted by Crippen LogP contribution is 2.36. The van der Waals surface area contributed by atoms with Crippen molar-refractivity contribution < 1.29 is 23.8 Å². The highest BCUT2D eigenvalue weighted by molar-refractivity contribution is 9.10. The van der Waals surface area contributed by atoms with Gasteiger partial charge in [-0.25, -0.2) is 4.79 Å². The number of aryl methyl sites for hydroxylation is 1. The summed E-state index contributed by atoms with van der Waals surface area (Å²) in [5, 5.41) is 9.07. The summed E-state index contributed by atoms with van der Waals surface area (Å²) in [5.74, 6) is -0.0346. The van der Waals surface area contributed by atoms with Crippen molar-refractivity contribution in [3.05, 3.63) is 51.4 Å². The fourth-order valence-corrected chi connectivity index (χ4v) is 3.18. The zero-order valence-electron chi connectivity index (χ0n) is 13.2. The molecular formula is C17H16BrNO5. The van der Waals surface area contributed by atoms with Gasteiger partial charge in [0.1, 0.15) is 35.4 Å². The summed E-state index contributed by atoms with van der Waals surface area (Å²) in [4.78, 5) is 25.3. The van der Waals surface area contributed by atoms with Gasteiger partial charge in [-0.1, -0.05) is 15.9 Å². The lowest BCUT2D eigenvalue weighted by molar-refractivity contribution is -0.132. The Kier molecular flexibility index (Phi) is 4.36. The first-order valence-electron chi connectivity index (χ1n) is 7.36. The van der Waals surface area contributed by atoms with Gasteiger partial charge in [-0.2, -0.15) is 0 Å². The lowest BCUT2D eigenvalue weighted by atomic mass is 10.00. The number of benzene rings is 1. The van der Waals surface area contributed by atoms with E-state index in [1.807, 2.05) is 18.2 Å². The average Bonchev–Trinajstić information content (AvgIpc) is 3.09. The van der Waals surface area contributed by atoms with Gasteiger partial charge in [0.2, 0.25) is 5.91 Å². The van der Waals surface area contributed by atoms with Crippen LogP contribution in [0.25, 0.3) is 0 Å².